The lowest BCUT2D eigenvalue weighted by Gasteiger charge is -2.36. The summed E-state index contributed by atoms with van der Waals surface area (Å²) in [6, 6.07) is 8.89. The first-order valence-corrected chi connectivity index (χ1v) is 21.4. The van der Waals surface area contributed by atoms with Crippen LogP contribution in [0.2, 0.25) is 0 Å². The first-order chi connectivity index (χ1) is 31.0. The maximum Gasteiger partial charge on any atom is 0.270 e. The molecule has 0 spiro atoms. The molecule has 3 fully saturated rings. The Bertz CT molecular complexity index is 2450. The number of carbonyl (C=O) groups excluding carboxylic acids is 7. The third kappa shape index (κ3) is 9.84. The van der Waals surface area contributed by atoms with Crippen molar-refractivity contribution in [2.45, 2.75) is 63.6 Å². The van der Waals surface area contributed by atoms with E-state index in [4.69, 9.17) is 14.2 Å². The first-order valence-electron chi connectivity index (χ1n) is 21.4. The van der Waals surface area contributed by atoms with Gasteiger partial charge in [-0.3, -0.25) is 43.8 Å². The average molecular weight is 880 g/mol. The Labute approximate surface area is 367 Å². The molecule has 4 aliphatic rings. The molecule has 1 saturated carbocycles. The Morgan fingerprint density at radius 1 is 0.891 bits per heavy atom. The van der Waals surface area contributed by atoms with Crippen molar-refractivity contribution in [2.24, 2.45) is 5.92 Å². The van der Waals surface area contributed by atoms with Crippen molar-refractivity contribution in [3.8, 4) is 5.75 Å². The molecule has 64 heavy (non-hydrogen) atoms. The number of likely N-dealkylation sites (tertiary alicyclic amines) is 1. The number of aromatic nitrogens is 5. The minimum Gasteiger partial charge on any atom is -0.483 e. The van der Waals surface area contributed by atoms with Crippen LogP contribution < -0.4 is 26.0 Å². The summed E-state index contributed by atoms with van der Waals surface area (Å²) in [7, 11) is 0. The predicted molar refractivity (Wildman–Crippen MR) is 225 cm³/mol. The Kier molecular flexibility index (Phi) is 13.5. The van der Waals surface area contributed by atoms with Crippen molar-refractivity contribution >= 4 is 58.3 Å². The van der Waals surface area contributed by atoms with E-state index in [1.807, 2.05) is 23.6 Å². The van der Waals surface area contributed by atoms with E-state index in [0.29, 0.717) is 42.6 Å². The van der Waals surface area contributed by atoms with Gasteiger partial charge >= 0.3 is 0 Å². The lowest BCUT2D eigenvalue weighted by Crippen LogP contribution is -2.54. The highest BCUT2D eigenvalue weighted by Crippen LogP contribution is 2.36. The number of pyridine rings is 1. The zero-order valence-electron chi connectivity index (χ0n) is 35.2. The Hall–Kier alpha value is -6.87. The number of anilines is 1. The van der Waals surface area contributed by atoms with E-state index in [1.165, 1.54) is 24.5 Å². The zero-order chi connectivity index (χ0) is 44.7. The predicted octanol–water partition coefficient (Wildman–Crippen LogP) is 0.943. The zero-order valence-corrected chi connectivity index (χ0v) is 35.2. The van der Waals surface area contributed by atoms with Crippen LogP contribution in [0, 0.1) is 12.8 Å². The summed E-state index contributed by atoms with van der Waals surface area (Å²) in [4.78, 5) is 109. The van der Waals surface area contributed by atoms with Crippen molar-refractivity contribution < 1.29 is 47.8 Å². The molecule has 6 heterocycles. The minimum absolute atomic E-state index is 0.00125. The van der Waals surface area contributed by atoms with Crippen LogP contribution in [-0.4, -0.2) is 147 Å². The van der Waals surface area contributed by atoms with E-state index in [9.17, 15) is 33.6 Å². The van der Waals surface area contributed by atoms with E-state index in [2.05, 4.69) is 41.2 Å². The van der Waals surface area contributed by atoms with Crippen molar-refractivity contribution in [1.82, 2.24) is 50.3 Å². The number of ether oxygens (including phenoxy) is 3. The number of hydrogen-bond acceptors (Lipinski definition) is 15. The van der Waals surface area contributed by atoms with Gasteiger partial charge in [0.2, 0.25) is 17.7 Å². The maximum atomic E-state index is 13.2. The number of imide groups is 2. The number of rotatable bonds is 18. The molecule has 1 atom stereocenters. The Morgan fingerprint density at radius 2 is 1.69 bits per heavy atom. The van der Waals surface area contributed by atoms with Gasteiger partial charge in [0.25, 0.3) is 23.6 Å². The van der Waals surface area contributed by atoms with Crippen LogP contribution in [0.1, 0.15) is 81.5 Å². The van der Waals surface area contributed by atoms with Crippen LogP contribution in [0.25, 0.3) is 11.2 Å². The smallest absolute Gasteiger partial charge is 0.270 e. The molecular formula is C43H49N11O10. The quantitative estimate of drug-likeness (QED) is 0.0802. The summed E-state index contributed by atoms with van der Waals surface area (Å²) in [5.74, 6) is -2.32. The van der Waals surface area contributed by atoms with Crippen LogP contribution in [0.3, 0.4) is 0 Å². The molecule has 0 bridgehead atoms. The fraction of sp³-hybridized carbons (Fsp3) is 0.465. The molecule has 1 aliphatic carbocycles. The number of fused-ring (bicyclic) bond motifs is 2. The molecule has 3 aromatic heterocycles. The van der Waals surface area contributed by atoms with Crippen LogP contribution in [0.4, 0.5) is 5.82 Å². The number of nitrogens with one attached hydrogen (secondary N) is 4. The molecule has 21 nitrogen and oxygen atoms in total. The van der Waals surface area contributed by atoms with Gasteiger partial charge in [-0.15, -0.1) is 0 Å². The fourth-order valence-corrected chi connectivity index (χ4v) is 8.27. The number of imidazole rings is 1. The van der Waals surface area contributed by atoms with Crippen LogP contribution in [-0.2, 0) is 28.7 Å². The molecule has 8 rings (SSSR count). The van der Waals surface area contributed by atoms with Gasteiger partial charge in [0, 0.05) is 50.4 Å². The lowest BCUT2D eigenvalue weighted by molar-refractivity contribution is -0.138. The van der Waals surface area contributed by atoms with Gasteiger partial charge in [-0.05, 0) is 69.2 Å². The highest BCUT2D eigenvalue weighted by molar-refractivity contribution is 6.24. The van der Waals surface area contributed by atoms with Gasteiger partial charge in [-0.1, -0.05) is 12.1 Å². The monoisotopic (exact) mass is 879 g/mol. The fourth-order valence-electron chi connectivity index (χ4n) is 8.27. The number of benzene rings is 1. The Balaban J connectivity index is 0.672. The molecule has 4 aromatic rings. The second-order valence-corrected chi connectivity index (χ2v) is 16.1. The van der Waals surface area contributed by atoms with E-state index in [0.717, 1.165) is 41.9 Å². The third-order valence-corrected chi connectivity index (χ3v) is 11.8. The number of hydrogen-bond donors (Lipinski definition) is 4. The first kappa shape index (κ1) is 43.8. The van der Waals surface area contributed by atoms with Gasteiger partial charge in [0.1, 0.15) is 35.9 Å². The van der Waals surface area contributed by atoms with Gasteiger partial charge < -0.3 is 39.6 Å². The maximum absolute atomic E-state index is 13.2. The van der Waals surface area contributed by atoms with E-state index in [-0.39, 0.29) is 86.6 Å². The van der Waals surface area contributed by atoms with Crippen molar-refractivity contribution in [2.75, 3.05) is 64.5 Å². The normalized spacial score (nSPS) is 19.9. The van der Waals surface area contributed by atoms with Crippen LogP contribution in [0.15, 0.2) is 49.1 Å². The van der Waals surface area contributed by atoms with Gasteiger partial charge in [0.15, 0.2) is 18.1 Å². The summed E-state index contributed by atoms with van der Waals surface area (Å²) in [6.45, 7) is 4.01. The summed E-state index contributed by atoms with van der Waals surface area (Å²) >= 11 is 0. The number of carbonyl (C=O) groups is 7. The molecule has 21 heteroatoms. The van der Waals surface area contributed by atoms with E-state index >= 15 is 0 Å². The lowest BCUT2D eigenvalue weighted by atomic mass is 9.86. The highest BCUT2D eigenvalue weighted by atomic mass is 16.5. The van der Waals surface area contributed by atoms with Gasteiger partial charge in [-0.2, -0.15) is 0 Å². The molecule has 7 amide bonds. The molecule has 2 saturated heterocycles. The SMILES string of the molecule is Cc1cccc(C(=O)NC2CC(n3cnc4c(NCC5CCN(C(=O)COCCOCCNC(=O)COc6cccc7c6C(=O)N(C6CCC(=O)NC6=O)C7=O)CC5)ncnc43)C2)n1. The summed E-state index contributed by atoms with van der Waals surface area (Å²) in [6.07, 6.45) is 6.51. The number of amides is 7. The molecule has 0 radical (unpaired) electrons. The summed E-state index contributed by atoms with van der Waals surface area (Å²) in [5.41, 5.74) is 2.65. The average Bonchev–Trinajstić information content (AvgIpc) is 3.82. The molecule has 4 N–H and O–H groups in total. The van der Waals surface area contributed by atoms with Crippen molar-refractivity contribution in [1.29, 1.82) is 0 Å². The number of aryl methyl sites for hydroxylation is 1. The molecule has 1 unspecified atom stereocenters. The van der Waals surface area contributed by atoms with Crippen molar-refractivity contribution in [3.05, 3.63) is 71.6 Å². The minimum atomic E-state index is -1.12. The standard InChI is InChI=1S/C43H49N11O10/c1-25-4-2-6-30(49-25)40(58)50-27-18-28(19-27)53-24-48-37-38(46-23-47-39(37)53)45-20-26-10-13-52(14-11-26)35(57)22-63-17-16-62-15-12-44-34(56)21-64-32-7-3-5-29-36(32)43(61)54(42(29)60)31-8-9-33(55)51-41(31)59/h2-7,23-24,26-28,31H,8-22H2,1H3,(H,44,56)(H,50,58)(H,45,46,47)(H,51,55,59). The molecule has 3 aliphatic heterocycles. The summed E-state index contributed by atoms with van der Waals surface area (Å²) in [5, 5.41) is 11.3. The van der Waals surface area contributed by atoms with Crippen LogP contribution in [0.5, 0.6) is 5.75 Å². The molecule has 1 aromatic carbocycles. The second-order valence-electron chi connectivity index (χ2n) is 16.1. The largest absolute Gasteiger partial charge is 0.483 e. The van der Waals surface area contributed by atoms with Crippen LogP contribution >= 0.6 is 0 Å². The van der Waals surface area contributed by atoms with E-state index < -0.39 is 42.2 Å². The Morgan fingerprint density at radius 3 is 2.48 bits per heavy atom. The van der Waals surface area contributed by atoms with Crippen molar-refractivity contribution in [3.63, 3.8) is 0 Å². The number of nitrogens with zero attached hydrogens (tertiary/aromatic N) is 7. The number of piperidine rings is 2. The molecule has 336 valence electrons. The van der Waals surface area contributed by atoms with Gasteiger partial charge in [0.05, 0.1) is 37.3 Å². The second kappa shape index (κ2) is 19.7. The third-order valence-electron chi connectivity index (χ3n) is 11.8. The highest BCUT2D eigenvalue weighted by Gasteiger charge is 2.46. The van der Waals surface area contributed by atoms with Gasteiger partial charge in [-0.25, -0.2) is 19.9 Å². The molecular weight excluding hydrogens is 831 g/mol. The summed E-state index contributed by atoms with van der Waals surface area (Å²) < 4.78 is 18.7. The topological polar surface area (TPSA) is 258 Å². The van der Waals surface area contributed by atoms with E-state index in [1.54, 1.807) is 17.3 Å².